The third kappa shape index (κ3) is 2.85. The first kappa shape index (κ1) is 15.4. The number of rotatable bonds is 2. The van der Waals surface area contributed by atoms with Crippen LogP contribution in [0.4, 0.5) is 8.78 Å². The first-order chi connectivity index (χ1) is 10.3. The van der Waals surface area contributed by atoms with Gasteiger partial charge in [0.25, 0.3) is 5.92 Å². The van der Waals surface area contributed by atoms with E-state index in [1.165, 1.54) is 6.07 Å². The normalized spacial score (nSPS) is 28.8. The second kappa shape index (κ2) is 5.27. The van der Waals surface area contributed by atoms with Gasteiger partial charge in [-0.25, -0.2) is 17.2 Å². The van der Waals surface area contributed by atoms with Crippen molar-refractivity contribution in [2.75, 3.05) is 12.3 Å². The summed E-state index contributed by atoms with van der Waals surface area (Å²) in [7, 11) is -3.34. The molecule has 0 radical (unpaired) electrons. The van der Waals surface area contributed by atoms with Crippen molar-refractivity contribution < 1.29 is 22.0 Å². The molecule has 2 unspecified atom stereocenters. The van der Waals surface area contributed by atoms with Crippen LogP contribution in [0.2, 0.25) is 0 Å². The Balaban J connectivity index is 1.78. The SMILES string of the molecule is O=C(NC1CCS(=O)(=O)c2ccccc21)C1CC(F)(F)CN1. The Labute approximate surface area is 127 Å². The van der Waals surface area contributed by atoms with Crippen molar-refractivity contribution in [3.05, 3.63) is 29.8 Å². The van der Waals surface area contributed by atoms with Gasteiger partial charge in [-0.1, -0.05) is 18.2 Å². The summed E-state index contributed by atoms with van der Waals surface area (Å²) in [6.45, 7) is -0.513. The minimum absolute atomic E-state index is 0.0663. The fraction of sp³-hybridized carbons (Fsp3) is 0.500. The Bertz CT molecular complexity index is 706. The molecule has 2 aliphatic rings. The molecule has 2 aliphatic heterocycles. The zero-order chi connectivity index (χ0) is 16.0. The Morgan fingerprint density at radius 3 is 2.73 bits per heavy atom. The minimum atomic E-state index is -3.34. The van der Waals surface area contributed by atoms with Crippen molar-refractivity contribution in [1.82, 2.24) is 10.6 Å². The van der Waals surface area contributed by atoms with Gasteiger partial charge in [0.1, 0.15) is 0 Å². The number of hydrogen-bond acceptors (Lipinski definition) is 4. The number of nitrogens with one attached hydrogen (secondary N) is 2. The fourth-order valence-electron chi connectivity index (χ4n) is 2.91. The van der Waals surface area contributed by atoms with Gasteiger partial charge in [0, 0.05) is 6.42 Å². The molecule has 5 nitrogen and oxygen atoms in total. The number of alkyl halides is 2. The molecule has 1 aromatic rings. The van der Waals surface area contributed by atoms with E-state index in [9.17, 15) is 22.0 Å². The van der Waals surface area contributed by atoms with Crippen LogP contribution in [0, 0.1) is 0 Å². The third-order valence-corrected chi connectivity index (χ3v) is 5.86. The van der Waals surface area contributed by atoms with E-state index < -0.39 is 46.7 Å². The average molecular weight is 330 g/mol. The lowest BCUT2D eigenvalue weighted by Crippen LogP contribution is -2.43. The maximum absolute atomic E-state index is 13.2. The molecule has 2 heterocycles. The lowest BCUT2D eigenvalue weighted by atomic mass is 10.0. The maximum atomic E-state index is 13.2. The molecule has 2 N–H and O–H groups in total. The van der Waals surface area contributed by atoms with Crippen LogP contribution in [0.15, 0.2) is 29.2 Å². The molecule has 22 heavy (non-hydrogen) atoms. The number of carbonyl (C=O) groups is 1. The van der Waals surface area contributed by atoms with Crippen molar-refractivity contribution in [3.63, 3.8) is 0 Å². The quantitative estimate of drug-likeness (QED) is 0.849. The topological polar surface area (TPSA) is 75.3 Å². The number of sulfone groups is 1. The molecule has 1 saturated heterocycles. The van der Waals surface area contributed by atoms with Gasteiger partial charge in [-0.15, -0.1) is 0 Å². The van der Waals surface area contributed by atoms with E-state index >= 15 is 0 Å². The van der Waals surface area contributed by atoms with Crippen LogP contribution in [-0.4, -0.2) is 38.6 Å². The monoisotopic (exact) mass is 330 g/mol. The zero-order valence-corrected chi connectivity index (χ0v) is 12.5. The van der Waals surface area contributed by atoms with Crippen molar-refractivity contribution >= 4 is 15.7 Å². The standard InChI is InChI=1S/C14H16F2N2O3S/c15-14(16)7-11(17-8-14)13(19)18-10-5-6-22(20,21)12-4-2-1-3-9(10)12/h1-4,10-11,17H,5-8H2,(H,18,19). The van der Waals surface area contributed by atoms with Crippen molar-refractivity contribution in [2.45, 2.75) is 35.7 Å². The summed E-state index contributed by atoms with van der Waals surface area (Å²) in [6, 6.07) is 5.06. The number of carbonyl (C=O) groups excluding carboxylic acids is 1. The zero-order valence-electron chi connectivity index (χ0n) is 11.7. The van der Waals surface area contributed by atoms with Gasteiger partial charge in [-0.05, 0) is 18.1 Å². The van der Waals surface area contributed by atoms with Gasteiger partial charge < -0.3 is 5.32 Å². The van der Waals surface area contributed by atoms with E-state index in [0.29, 0.717) is 5.56 Å². The minimum Gasteiger partial charge on any atom is -0.348 e. The molecule has 120 valence electrons. The van der Waals surface area contributed by atoms with Gasteiger partial charge in [-0.3, -0.25) is 10.1 Å². The van der Waals surface area contributed by atoms with Gasteiger partial charge in [0.2, 0.25) is 5.91 Å². The van der Waals surface area contributed by atoms with Gasteiger partial charge in [0.05, 0.1) is 29.3 Å². The first-order valence-corrected chi connectivity index (χ1v) is 8.67. The third-order valence-electron chi connectivity index (χ3n) is 4.05. The molecule has 0 bridgehead atoms. The van der Waals surface area contributed by atoms with Crippen LogP contribution in [0.5, 0.6) is 0 Å². The molecule has 0 saturated carbocycles. The molecule has 2 atom stereocenters. The van der Waals surface area contributed by atoms with Crippen molar-refractivity contribution in [1.29, 1.82) is 0 Å². The van der Waals surface area contributed by atoms with Gasteiger partial charge >= 0.3 is 0 Å². The highest BCUT2D eigenvalue weighted by atomic mass is 32.2. The highest BCUT2D eigenvalue weighted by Gasteiger charge is 2.43. The Kier molecular flexibility index (Phi) is 3.68. The van der Waals surface area contributed by atoms with E-state index in [0.717, 1.165) is 0 Å². The predicted molar refractivity (Wildman–Crippen MR) is 75.4 cm³/mol. The maximum Gasteiger partial charge on any atom is 0.262 e. The highest BCUT2D eigenvalue weighted by molar-refractivity contribution is 7.91. The van der Waals surface area contributed by atoms with E-state index in [1.807, 2.05) is 0 Å². The van der Waals surface area contributed by atoms with E-state index in [-0.39, 0.29) is 17.1 Å². The average Bonchev–Trinajstić information content (AvgIpc) is 2.83. The molecule has 0 aliphatic carbocycles. The first-order valence-electron chi connectivity index (χ1n) is 7.02. The Morgan fingerprint density at radius 1 is 1.32 bits per heavy atom. The molecule has 0 spiro atoms. The number of hydrogen-bond donors (Lipinski definition) is 2. The summed E-state index contributed by atoms with van der Waals surface area (Å²) in [5.74, 6) is -3.46. The molecule has 1 aromatic carbocycles. The predicted octanol–water partition coefficient (Wildman–Crippen LogP) is 1.02. The summed E-state index contributed by atoms with van der Waals surface area (Å²) in [4.78, 5) is 12.3. The summed E-state index contributed by atoms with van der Waals surface area (Å²) < 4.78 is 50.3. The number of fused-ring (bicyclic) bond motifs is 1. The second-order valence-electron chi connectivity index (χ2n) is 5.70. The molecule has 1 amide bonds. The summed E-state index contributed by atoms with van der Waals surface area (Å²) in [5.41, 5.74) is 0.520. The Hall–Kier alpha value is -1.54. The number of halogens is 2. The van der Waals surface area contributed by atoms with E-state index in [1.54, 1.807) is 18.2 Å². The van der Waals surface area contributed by atoms with Crippen LogP contribution in [0.25, 0.3) is 0 Å². The van der Waals surface area contributed by atoms with Crippen LogP contribution in [0.3, 0.4) is 0 Å². The van der Waals surface area contributed by atoms with Crippen LogP contribution in [-0.2, 0) is 14.6 Å². The Morgan fingerprint density at radius 2 is 2.05 bits per heavy atom. The van der Waals surface area contributed by atoms with Crippen LogP contribution >= 0.6 is 0 Å². The van der Waals surface area contributed by atoms with Crippen molar-refractivity contribution in [3.8, 4) is 0 Å². The number of benzene rings is 1. The molecular weight excluding hydrogens is 314 g/mol. The molecule has 1 fully saturated rings. The summed E-state index contributed by atoms with van der Waals surface area (Å²) in [6.07, 6.45) is -0.292. The van der Waals surface area contributed by atoms with E-state index in [2.05, 4.69) is 10.6 Å². The van der Waals surface area contributed by atoms with Crippen LogP contribution in [0.1, 0.15) is 24.4 Å². The lowest BCUT2D eigenvalue weighted by molar-refractivity contribution is -0.124. The lowest BCUT2D eigenvalue weighted by Gasteiger charge is -2.27. The van der Waals surface area contributed by atoms with Gasteiger partial charge in [0.15, 0.2) is 9.84 Å². The van der Waals surface area contributed by atoms with Gasteiger partial charge in [-0.2, -0.15) is 0 Å². The summed E-state index contributed by atoms with van der Waals surface area (Å²) in [5, 5.41) is 5.19. The molecule has 0 aromatic heterocycles. The fourth-order valence-corrected chi connectivity index (χ4v) is 4.53. The van der Waals surface area contributed by atoms with Crippen molar-refractivity contribution in [2.24, 2.45) is 0 Å². The largest absolute Gasteiger partial charge is 0.348 e. The second-order valence-corrected chi connectivity index (χ2v) is 7.78. The number of amides is 1. The molecule has 8 heteroatoms. The van der Waals surface area contributed by atoms with Crippen LogP contribution < -0.4 is 10.6 Å². The smallest absolute Gasteiger partial charge is 0.262 e. The molecular formula is C14H16F2N2O3S. The molecule has 3 rings (SSSR count). The highest BCUT2D eigenvalue weighted by Crippen LogP contribution is 2.32. The summed E-state index contributed by atoms with van der Waals surface area (Å²) >= 11 is 0. The van der Waals surface area contributed by atoms with E-state index in [4.69, 9.17) is 0 Å².